The number of benzene rings is 3. The van der Waals surface area contributed by atoms with Crippen LogP contribution in [0.15, 0.2) is 72.9 Å². The standard InChI is InChI=1S/C32H33ClN2O6/c1-40-23-13-11-21(12-14-23)31(39)34-16-26-28(36)29(37)30(38)32(41-26)35-17-22(27-24(33)3-2-4-25(27)35)15-18-5-7-19(8-6-18)20-9-10-20/h2-8,11-14,17,20,26,28-30,32,36-38H,9-10,15-16H2,1H3,(H,34,39)/t26-,28-,29+,30-,32-/m1/s1. The first kappa shape index (κ1) is 27.8. The molecule has 2 heterocycles. The van der Waals surface area contributed by atoms with Crippen molar-refractivity contribution >= 4 is 28.4 Å². The molecule has 1 saturated heterocycles. The Labute approximate surface area is 243 Å². The van der Waals surface area contributed by atoms with E-state index in [1.807, 2.05) is 24.4 Å². The largest absolute Gasteiger partial charge is 0.497 e. The first-order valence-corrected chi connectivity index (χ1v) is 14.2. The van der Waals surface area contributed by atoms with E-state index >= 15 is 0 Å². The number of carbonyl (C=O) groups excluding carboxylic acids is 1. The summed E-state index contributed by atoms with van der Waals surface area (Å²) in [6.07, 6.45) is -1.32. The molecule has 3 aromatic carbocycles. The Morgan fingerprint density at radius 1 is 1.00 bits per heavy atom. The maximum atomic E-state index is 12.7. The van der Waals surface area contributed by atoms with Crippen molar-refractivity contribution in [1.29, 1.82) is 0 Å². The number of hydrogen-bond donors (Lipinski definition) is 4. The van der Waals surface area contributed by atoms with Crippen LogP contribution in [0.3, 0.4) is 0 Å². The highest BCUT2D eigenvalue weighted by Gasteiger charge is 2.45. The van der Waals surface area contributed by atoms with Gasteiger partial charge in [0.15, 0.2) is 6.23 Å². The van der Waals surface area contributed by atoms with Gasteiger partial charge in [-0.25, -0.2) is 0 Å². The van der Waals surface area contributed by atoms with Crippen molar-refractivity contribution in [3.63, 3.8) is 0 Å². The molecule has 1 aliphatic carbocycles. The molecule has 1 aromatic heterocycles. The smallest absolute Gasteiger partial charge is 0.251 e. The fraction of sp³-hybridized carbons (Fsp3) is 0.344. The number of aromatic nitrogens is 1. The number of nitrogens with zero attached hydrogens (tertiary/aromatic N) is 1. The molecule has 0 radical (unpaired) electrons. The summed E-state index contributed by atoms with van der Waals surface area (Å²) in [5.74, 6) is 0.941. The van der Waals surface area contributed by atoms with Gasteiger partial charge in [0.05, 0.1) is 17.6 Å². The maximum absolute atomic E-state index is 12.7. The molecule has 0 bridgehead atoms. The van der Waals surface area contributed by atoms with Crippen molar-refractivity contribution in [1.82, 2.24) is 9.88 Å². The van der Waals surface area contributed by atoms with Crippen LogP contribution in [0, 0.1) is 0 Å². The average molecular weight is 577 g/mol. The number of carbonyl (C=O) groups is 1. The molecule has 2 fully saturated rings. The molecule has 6 rings (SSSR count). The first-order chi connectivity index (χ1) is 19.8. The van der Waals surface area contributed by atoms with Gasteiger partial charge in [-0.15, -0.1) is 0 Å². The number of aliphatic hydroxyl groups excluding tert-OH is 3. The zero-order valence-electron chi connectivity index (χ0n) is 22.6. The Morgan fingerprint density at radius 3 is 2.41 bits per heavy atom. The monoisotopic (exact) mass is 576 g/mol. The van der Waals surface area contributed by atoms with Crippen LogP contribution < -0.4 is 10.1 Å². The predicted molar refractivity (Wildman–Crippen MR) is 155 cm³/mol. The van der Waals surface area contributed by atoms with Crippen LogP contribution in [0.1, 0.15) is 52.0 Å². The van der Waals surface area contributed by atoms with Gasteiger partial charge in [0.2, 0.25) is 0 Å². The Kier molecular flexibility index (Phi) is 7.76. The molecule has 1 saturated carbocycles. The molecule has 9 heteroatoms. The molecular formula is C32H33ClN2O6. The van der Waals surface area contributed by atoms with E-state index in [-0.39, 0.29) is 12.5 Å². The summed E-state index contributed by atoms with van der Waals surface area (Å²) in [6.45, 7) is -0.0769. The molecular weight excluding hydrogens is 544 g/mol. The minimum absolute atomic E-state index is 0.0769. The lowest BCUT2D eigenvalue weighted by Crippen LogP contribution is -2.58. The highest BCUT2D eigenvalue weighted by Crippen LogP contribution is 2.40. The summed E-state index contributed by atoms with van der Waals surface area (Å²) in [5, 5.41) is 36.7. The van der Waals surface area contributed by atoms with E-state index in [9.17, 15) is 20.1 Å². The van der Waals surface area contributed by atoms with E-state index in [2.05, 4.69) is 29.6 Å². The second-order valence-corrected chi connectivity index (χ2v) is 11.3. The minimum atomic E-state index is -1.49. The van der Waals surface area contributed by atoms with E-state index in [0.29, 0.717) is 28.7 Å². The van der Waals surface area contributed by atoms with Crippen LogP contribution in [0.4, 0.5) is 0 Å². The SMILES string of the molecule is COc1ccc(C(=O)NC[C@H]2O[C@@H](n3cc(Cc4ccc(C5CC5)cc4)c4c(Cl)cccc43)[C@H](O)[C@@H](O)[C@@H]2O)cc1. The quantitative estimate of drug-likeness (QED) is 0.250. The molecule has 5 atom stereocenters. The minimum Gasteiger partial charge on any atom is -0.497 e. The van der Waals surface area contributed by atoms with Gasteiger partial charge in [-0.2, -0.15) is 0 Å². The number of ether oxygens (including phenoxy) is 2. The first-order valence-electron chi connectivity index (χ1n) is 13.8. The van der Waals surface area contributed by atoms with Gasteiger partial charge in [-0.1, -0.05) is 41.9 Å². The van der Waals surface area contributed by atoms with Gasteiger partial charge in [0.25, 0.3) is 5.91 Å². The van der Waals surface area contributed by atoms with Crippen LogP contribution in [0.2, 0.25) is 5.02 Å². The van der Waals surface area contributed by atoms with Gasteiger partial charge in [0.1, 0.15) is 30.2 Å². The number of fused-ring (bicyclic) bond motifs is 1. The maximum Gasteiger partial charge on any atom is 0.251 e. The average Bonchev–Trinajstić information content (AvgIpc) is 3.78. The highest BCUT2D eigenvalue weighted by atomic mass is 35.5. The summed E-state index contributed by atoms with van der Waals surface area (Å²) in [6, 6.07) is 20.8. The Morgan fingerprint density at radius 2 is 1.73 bits per heavy atom. The number of aliphatic hydroxyl groups is 3. The third kappa shape index (κ3) is 5.58. The molecule has 4 aromatic rings. The van der Waals surface area contributed by atoms with Crippen LogP contribution >= 0.6 is 11.6 Å². The molecule has 1 amide bonds. The molecule has 0 unspecified atom stereocenters. The van der Waals surface area contributed by atoms with Gasteiger partial charge in [-0.3, -0.25) is 4.79 Å². The highest BCUT2D eigenvalue weighted by molar-refractivity contribution is 6.35. The third-order valence-corrected chi connectivity index (χ3v) is 8.40. The van der Waals surface area contributed by atoms with Gasteiger partial charge in [-0.05, 0) is 78.3 Å². The summed E-state index contributed by atoms with van der Waals surface area (Å²) >= 11 is 6.67. The molecule has 214 valence electrons. The normalized spacial score (nSPS) is 24.4. The van der Waals surface area contributed by atoms with Crippen molar-refractivity contribution in [2.75, 3.05) is 13.7 Å². The Hall–Kier alpha value is -3.40. The summed E-state index contributed by atoms with van der Waals surface area (Å²) < 4.78 is 13.1. The van der Waals surface area contributed by atoms with Crippen molar-refractivity contribution in [2.24, 2.45) is 0 Å². The number of rotatable bonds is 8. The summed E-state index contributed by atoms with van der Waals surface area (Å²) in [7, 11) is 1.55. The van der Waals surface area contributed by atoms with E-state index in [4.69, 9.17) is 21.1 Å². The van der Waals surface area contributed by atoms with Crippen molar-refractivity contribution in [3.8, 4) is 5.75 Å². The second-order valence-electron chi connectivity index (χ2n) is 10.9. The van der Waals surface area contributed by atoms with Crippen molar-refractivity contribution in [2.45, 2.75) is 55.8 Å². The topological polar surface area (TPSA) is 113 Å². The summed E-state index contributed by atoms with van der Waals surface area (Å²) in [4.78, 5) is 12.7. The lowest BCUT2D eigenvalue weighted by atomic mass is 9.97. The lowest BCUT2D eigenvalue weighted by Gasteiger charge is -2.41. The zero-order valence-corrected chi connectivity index (χ0v) is 23.4. The molecule has 41 heavy (non-hydrogen) atoms. The summed E-state index contributed by atoms with van der Waals surface area (Å²) in [5.41, 5.74) is 4.59. The third-order valence-electron chi connectivity index (χ3n) is 8.09. The molecule has 4 N–H and O–H groups in total. The van der Waals surface area contributed by atoms with Gasteiger partial charge in [0, 0.05) is 23.7 Å². The van der Waals surface area contributed by atoms with E-state index in [1.165, 1.54) is 18.4 Å². The number of amides is 1. The second kappa shape index (κ2) is 11.5. The number of methoxy groups -OCH3 is 1. The predicted octanol–water partition coefficient (Wildman–Crippen LogP) is 4.18. The van der Waals surface area contributed by atoms with E-state index < -0.39 is 30.6 Å². The van der Waals surface area contributed by atoms with E-state index in [0.717, 1.165) is 22.0 Å². The van der Waals surface area contributed by atoms with Crippen LogP contribution in [-0.4, -0.2) is 63.9 Å². The van der Waals surface area contributed by atoms with E-state index in [1.54, 1.807) is 35.9 Å². The Bertz CT molecular complexity index is 1530. The molecule has 0 spiro atoms. The van der Waals surface area contributed by atoms with Gasteiger partial charge >= 0.3 is 0 Å². The lowest BCUT2D eigenvalue weighted by molar-refractivity contribution is -0.241. The van der Waals surface area contributed by atoms with Gasteiger partial charge < -0.3 is 34.7 Å². The van der Waals surface area contributed by atoms with Crippen molar-refractivity contribution < 1.29 is 29.6 Å². The molecule has 1 aliphatic heterocycles. The zero-order chi connectivity index (χ0) is 28.7. The molecule has 8 nitrogen and oxygen atoms in total. The van der Waals surface area contributed by atoms with Crippen molar-refractivity contribution in [3.05, 3.63) is 100 Å². The number of hydrogen-bond acceptors (Lipinski definition) is 6. The van der Waals surface area contributed by atoms with Crippen LogP contribution in [0.25, 0.3) is 10.9 Å². The Balaban J connectivity index is 1.25. The van der Waals surface area contributed by atoms with Crippen LogP contribution in [0.5, 0.6) is 5.75 Å². The number of halogens is 1. The number of nitrogens with one attached hydrogen (secondary N) is 1. The molecule has 2 aliphatic rings. The van der Waals surface area contributed by atoms with Crippen LogP contribution in [-0.2, 0) is 11.2 Å². The fourth-order valence-electron chi connectivity index (χ4n) is 5.60. The fourth-order valence-corrected chi connectivity index (χ4v) is 5.89.